The number of aromatic amines is 1. The maximum absolute atomic E-state index is 4.85. The molecule has 0 aliphatic carbocycles. The van der Waals surface area contributed by atoms with E-state index in [1.54, 1.807) is 0 Å². The van der Waals surface area contributed by atoms with Crippen LogP contribution in [0.3, 0.4) is 0 Å². The molecular formula is C21H30IN5. The van der Waals surface area contributed by atoms with Gasteiger partial charge in [-0.2, -0.15) is 0 Å². The predicted octanol–water partition coefficient (Wildman–Crippen LogP) is 4.07. The second-order valence-electron chi connectivity index (χ2n) is 6.73. The molecule has 146 valence electrons. The maximum Gasteiger partial charge on any atom is 0.194 e. The molecule has 2 aromatic heterocycles. The van der Waals surface area contributed by atoms with Gasteiger partial charge in [0.1, 0.15) is 0 Å². The average Bonchev–Trinajstić information content (AvgIpc) is 3.17. The largest absolute Gasteiger partial charge is 0.358 e. The van der Waals surface area contributed by atoms with Gasteiger partial charge in [0.15, 0.2) is 5.96 Å². The summed E-state index contributed by atoms with van der Waals surface area (Å²) in [7, 11) is 4.17. The van der Waals surface area contributed by atoms with Crippen LogP contribution in [0.25, 0.3) is 10.9 Å². The van der Waals surface area contributed by atoms with E-state index < -0.39 is 0 Å². The standard InChI is InChI=1S/C21H29N5.HI/c1-5-22-21(26(4)15-17-9-8-14-25(17)3)23-13-12-18-16(2)24-20-11-7-6-10-19(18)20;/h6-11,14,24H,5,12-13,15H2,1-4H3,(H,22,23);1H. The Morgan fingerprint density at radius 2 is 2.00 bits per heavy atom. The van der Waals surface area contributed by atoms with E-state index >= 15 is 0 Å². The minimum absolute atomic E-state index is 0. The molecule has 2 heterocycles. The zero-order valence-corrected chi connectivity index (χ0v) is 19.0. The normalized spacial score (nSPS) is 11.5. The minimum atomic E-state index is 0. The molecule has 0 amide bonds. The molecule has 1 aromatic carbocycles. The van der Waals surface area contributed by atoms with Gasteiger partial charge in [0.2, 0.25) is 0 Å². The van der Waals surface area contributed by atoms with E-state index in [9.17, 15) is 0 Å². The Bertz CT molecular complexity index is 893. The summed E-state index contributed by atoms with van der Waals surface area (Å²) in [4.78, 5) is 10.5. The fourth-order valence-corrected chi connectivity index (χ4v) is 3.38. The van der Waals surface area contributed by atoms with Gasteiger partial charge in [-0.25, -0.2) is 0 Å². The number of nitrogens with zero attached hydrogens (tertiary/aromatic N) is 3. The second-order valence-corrected chi connectivity index (χ2v) is 6.73. The van der Waals surface area contributed by atoms with Crippen LogP contribution < -0.4 is 5.32 Å². The lowest BCUT2D eigenvalue weighted by atomic mass is 10.1. The van der Waals surface area contributed by atoms with Crippen molar-refractivity contribution in [2.75, 3.05) is 20.1 Å². The first-order chi connectivity index (χ1) is 12.6. The molecule has 0 aliphatic rings. The monoisotopic (exact) mass is 479 g/mol. The molecule has 0 aliphatic heterocycles. The second kappa shape index (κ2) is 9.82. The number of aliphatic imine (C=N–C) groups is 1. The number of aryl methyl sites for hydroxylation is 2. The summed E-state index contributed by atoms with van der Waals surface area (Å²) in [6, 6.07) is 12.7. The highest BCUT2D eigenvalue weighted by molar-refractivity contribution is 14.0. The number of fused-ring (bicyclic) bond motifs is 1. The molecular weight excluding hydrogens is 449 g/mol. The summed E-state index contributed by atoms with van der Waals surface area (Å²) in [6.07, 6.45) is 3.01. The Morgan fingerprint density at radius 3 is 2.70 bits per heavy atom. The fraction of sp³-hybridized carbons (Fsp3) is 0.381. The van der Waals surface area contributed by atoms with Crippen molar-refractivity contribution in [1.29, 1.82) is 0 Å². The fourth-order valence-electron chi connectivity index (χ4n) is 3.38. The van der Waals surface area contributed by atoms with Gasteiger partial charge in [-0.3, -0.25) is 4.99 Å². The molecule has 0 atom stereocenters. The number of nitrogens with one attached hydrogen (secondary N) is 2. The molecule has 0 saturated carbocycles. The van der Waals surface area contributed by atoms with E-state index in [2.05, 4.69) is 90.3 Å². The number of guanidine groups is 1. The lowest BCUT2D eigenvalue weighted by Gasteiger charge is -2.22. The number of aromatic nitrogens is 2. The molecule has 0 spiro atoms. The van der Waals surface area contributed by atoms with E-state index in [-0.39, 0.29) is 24.0 Å². The summed E-state index contributed by atoms with van der Waals surface area (Å²) >= 11 is 0. The Labute approximate surface area is 178 Å². The van der Waals surface area contributed by atoms with Gasteiger partial charge in [-0.15, -0.1) is 24.0 Å². The van der Waals surface area contributed by atoms with Crippen LogP contribution in [-0.4, -0.2) is 40.5 Å². The number of hydrogen-bond donors (Lipinski definition) is 2. The molecule has 3 rings (SSSR count). The third kappa shape index (κ3) is 5.06. The molecule has 0 unspecified atom stereocenters. The van der Waals surface area contributed by atoms with E-state index in [0.717, 1.165) is 32.0 Å². The first-order valence-electron chi connectivity index (χ1n) is 9.26. The maximum atomic E-state index is 4.85. The van der Waals surface area contributed by atoms with E-state index in [4.69, 9.17) is 4.99 Å². The molecule has 27 heavy (non-hydrogen) atoms. The molecule has 0 saturated heterocycles. The lowest BCUT2D eigenvalue weighted by molar-refractivity contribution is 0.462. The third-order valence-corrected chi connectivity index (χ3v) is 4.80. The number of benzene rings is 1. The Morgan fingerprint density at radius 1 is 1.22 bits per heavy atom. The quantitative estimate of drug-likeness (QED) is 0.318. The topological polar surface area (TPSA) is 48.4 Å². The predicted molar refractivity (Wildman–Crippen MR) is 125 cm³/mol. The Hall–Kier alpha value is -1.96. The highest BCUT2D eigenvalue weighted by Gasteiger charge is 2.10. The van der Waals surface area contributed by atoms with Crippen LogP contribution in [0, 0.1) is 6.92 Å². The van der Waals surface area contributed by atoms with Crippen LogP contribution in [0.1, 0.15) is 23.9 Å². The van der Waals surface area contributed by atoms with Crippen molar-refractivity contribution in [3.63, 3.8) is 0 Å². The van der Waals surface area contributed by atoms with Crippen molar-refractivity contribution in [3.05, 3.63) is 59.5 Å². The zero-order chi connectivity index (χ0) is 18.5. The van der Waals surface area contributed by atoms with E-state index in [1.165, 1.54) is 27.9 Å². The Kier molecular flexibility index (Phi) is 7.77. The first-order valence-corrected chi connectivity index (χ1v) is 9.26. The average molecular weight is 479 g/mol. The van der Waals surface area contributed by atoms with Crippen molar-refractivity contribution >= 4 is 40.8 Å². The van der Waals surface area contributed by atoms with Crippen LogP contribution in [-0.2, 0) is 20.0 Å². The van der Waals surface area contributed by atoms with Gasteiger partial charge in [0, 0.05) is 55.7 Å². The van der Waals surface area contributed by atoms with Gasteiger partial charge in [-0.1, -0.05) is 18.2 Å². The Balaban J connectivity index is 0.00000261. The van der Waals surface area contributed by atoms with Gasteiger partial charge >= 0.3 is 0 Å². The third-order valence-electron chi connectivity index (χ3n) is 4.80. The summed E-state index contributed by atoms with van der Waals surface area (Å²) in [5, 5.41) is 4.71. The van der Waals surface area contributed by atoms with Crippen molar-refractivity contribution in [2.24, 2.45) is 12.0 Å². The number of hydrogen-bond acceptors (Lipinski definition) is 1. The van der Waals surface area contributed by atoms with Crippen molar-refractivity contribution in [2.45, 2.75) is 26.8 Å². The van der Waals surface area contributed by atoms with Crippen LogP contribution in [0.2, 0.25) is 0 Å². The van der Waals surface area contributed by atoms with Crippen LogP contribution >= 0.6 is 24.0 Å². The number of rotatable bonds is 6. The molecule has 3 aromatic rings. The van der Waals surface area contributed by atoms with Crippen LogP contribution in [0.5, 0.6) is 0 Å². The molecule has 6 heteroatoms. The van der Waals surface area contributed by atoms with Crippen LogP contribution in [0.4, 0.5) is 0 Å². The molecule has 0 bridgehead atoms. The summed E-state index contributed by atoms with van der Waals surface area (Å²) in [5.41, 5.74) is 5.08. The van der Waals surface area contributed by atoms with Crippen LogP contribution in [0.15, 0.2) is 47.6 Å². The van der Waals surface area contributed by atoms with E-state index in [0.29, 0.717) is 0 Å². The van der Waals surface area contributed by atoms with Crippen molar-refractivity contribution in [1.82, 2.24) is 19.8 Å². The SMILES string of the molecule is CCNC(=NCCc1c(C)[nH]c2ccccc12)N(C)Cc1cccn1C.I. The molecule has 5 nitrogen and oxygen atoms in total. The molecule has 2 N–H and O–H groups in total. The highest BCUT2D eigenvalue weighted by atomic mass is 127. The zero-order valence-electron chi connectivity index (χ0n) is 16.6. The summed E-state index contributed by atoms with van der Waals surface area (Å²) < 4.78 is 2.15. The first kappa shape index (κ1) is 21.3. The summed E-state index contributed by atoms with van der Waals surface area (Å²) in [6.45, 7) is 6.72. The van der Waals surface area contributed by atoms with Gasteiger partial charge in [-0.05, 0) is 44.0 Å². The number of halogens is 1. The summed E-state index contributed by atoms with van der Waals surface area (Å²) in [5.74, 6) is 0.950. The smallest absolute Gasteiger partial charge is 0.194 e. The lowest BCUT2D eigenvalue weighted by Crippen LogP contribution is -2.39. The molecule has 0 radical (unpaired) electrons. The van der Waals surface area contributed by atoms with Gasteiger partial charge < -0.3 is 19.8 Å². The van der Waals surface area contributed by atoms with Crippen molar-refractivity contribution < 1.29 is 0 Å². The van der Waals surface area contributed by atoms with Gasteiger partial charge in [0.25, 0.3) is 0 Å². The highest BCUT2D eigenvalue weighted by Crippen LogP contribution is 2.22. The van der Waals surface area contributed by atoms with E-state index in [1.807, 2.05) is 0 Å². The van der Waals surface area contributed by atoms with Crippen molar-refractivity contribution in [3.8, 4) is 0 Å². The number of H-pyrrole nitrogens is 1. The molecule has 0 fully saturated rings. The minimum Gasteiger partial charge on any atom is -0.358 e. The number of para-hydroxylation sites is 1. The van der Waals surface area contributed by atoms with Gasteiger partial charge in [0.05, 0.1) is 6.54 Å².